The maximum atomic E-state index is 12.1. The van der Waals surface area contributed by atoms with Crippen LogP contribution in [0.5, 0.6) is 5.75 Å². The molecule has 1 aromatic carbocycles. The first-order chi connectivity index (χ1) is 9.99. The second-order valence-corrected chi connectivity index (χ2v) is 7.60. The Bertz CT molecular complexity index is 581. The van der Waals surface area contributed by atoms with Gasteiger partial charge in [0.05, 0.1) is 6.04 Å². The number of hydrogen-bond acceptors (Lipinski definition) is 3. The Morgan fingerprint density at radius 1 is 1.36 bits per heavy atom. The third-order valence-corrected chi connectivity index (χ3v) is 3.74. The van der Waals surface area contributed by atoms with Crippen LogP contribution >= 0.6 is 11.6 Å². The minimum absolute atomic E-state index is 0.348. The molecule has 1 aliphatic rings. The van der Waals surface area contributed by atoms with Gasteiger partial charge < -0.3 is 20.5 Å². The van der Waals surface area contributed by atoms with Crippen LogP contribution in [-0.4, -0.2) is 28.3 Å². The molecule has 2 atom stereocenters. The molecule has 0 spiro atoms. The zero-order valence-electron chi connectivity index (χ0n) is 13.5. The largest absolute Gasteiger partial charge is 0.485 e. The first-order valence-corrected chi connectivity index (χ1v) is 7.62. The van der Waals surface area contributed by atoms with Crippen molar-refractivity contribution in [3.8, 4) is 5.75 Å². The Balaban J connectivity index is 2.25. The van der Waals surface area contributed by atoms with Gasteiger partial charge >= 0.3 is 6.03 Å². The minimum atomic E-state index is -0.900. The molecule has 22 heavy (non-hydrogen) atoms. The van der Waals surface area contributed by atoms with Gasteiger partial charge in [0.15, 0.2) is 0 Å². The van der Waals surface area contributed by atoms with Crippen molar-refractivity contribution < 1.29 is 14.6 Å². The lowest BCUT2D eigenvalue weighted by Crippen LogP contribution is -2.61. The molecule has 6 heteroatoms. The van der Waals surface area contributed by atoms with Crippen LogP contribution in [0.4, 0.5) is 4.79 Å². The summed E-state index contributed by atoms with van der Waals surface area (Å²) in [7, 11) is 0. The molecule has 0 radical (unpaired) electrons. The monoisotopic (exact) mass is 326 g/mol. The fourth-order valence-corrected chi connectivity index (χ4v) is 2.70. The number of hydrogen-bond donors (Lipinski definition) is 3. The quantitative estimate of drug-likeness (QED) is 0.743. The third-order valence-electron chi connectivity index (χ3n) is 3.50. The summed E-state index contributed by atoms with van der Waals surface area (Å²) < 4.78 is 5.93. The zero-order valence-corrected chi connectivity index (χ0v) is 14.3. The maximum Gasteiger partial charge on any atom is 0.315 e. The number of aliphatic hydroxyl groups is 1. The fraction of sp³-hybridized carbons (Fsp3) is 0.562. The molecule has 2 amide bonds. The van der Waals surface area contributed by atoms with Crippen LogP contribution in [0.15, 0.2) is 18.2 Å². The Kier molecular flexibility index (Phi) is 4.33. The number of aliphatic hydroxyl groups excluding tert-OH is 1. The summed E-state index contributed by atoms with van der Waals surface area (Å²) in [6, 6.07) is 4.16. The number of amides is 2. The molecular formula is C16H23ClN2O3. The number of nitrogens with one attached hydrogen (secondary N) is 2. The lowest BCUT2D eigenvalue weighted by Gasteiger charge is -2.43. The van der Waals surface area contributed by atoms with E-state index in [0.717, 1.165) is 0 Å². The molecule has 0 saturated carbocycles. The molecule has 5 nitrogen and oxygen atoms in total. The van der Waals surface area contributed by atoms with Crippen molar-refractivity contribution in [3.05, 3.63) is 28.8 Å². The van der Waals surface area contributed by atoms with Crippen LogP contribution < -0.4 is 15.4 Å². The van der Waals surface area contributed by atoms with E-state index in [-0.39, 0.29) is 11.6 Å². The highest BCUT2D eigenvalue weighted by Gasteiger charge is 2.44. The molecule has 1 aromatic rings. The second-order valence-electron chi connectivity index (χ2n) is 7.16. The van der Waals surface area contributed by atoms with Gasteiger partial charge in [-0.3, -0.25) is 0 Å². The number of carbonyl (C=O) groups is 1. The molecule has 0 aliphatic carbocycles. The molecule has 0 fully saturated rings. The summed E-state index contributed by atoms with van der Waals surface area (Å²) in [6.07, 6.45) is -0.900. The van der Waals surface area contributed by atoms with Gasteiger partial charge in [0.25, 0.3) is 0 Å². The summed E-state index contributed by atoms with van der Waals surface area (Å²) in [5.41, 5.74) is -0.543. The van der Waals surface area contributed by atoms with Gasteiger partial charge in [-0.15, -0.1) is 0 Å². The van der Waals surface area contributed by atoms with Gasteiger partial charge in [-0.2, -0.15) is 0 Å². The number of urea groups is 1. The standard InChI is InChI=1S/C16H23ClN2O3/c1-15(2,3)19-14(21)18-13-12(20)10-8-9(17)6-7-11(10)22-16(13,4)5/h6-8,12-13,20H,1-5H3,(H2,18,19,21)/t12-,13+/m1/s1. The van der Waals surface area contributed by atoms with Crippen LogP contribution in [0.3, 0.4) is 0 Å². The van der Waals surface area contributed by atoms with Gasteiger partial charge in [0, 0.05) is 16.1 Å². The second kappa shape index (κ2) is 5.63. The van der Waals surface area contributed by atoms with E-state index in [0.29, 0.717) is 16.3 Å². The molecule has 0 bridgehead atoms. The topological polar surface area (TPSA) is 70.6 Å². The van der Waals surface area contributed by atoms with Crippen molar-refractivity contribution >= 4 is 17.6 Å². The molecule has 2 rings (SSSR count). The van der Waals surface area contributed by atoms with E-state index >= 15 is 0 Å². The lowest BCUT2D eigenvalue weighted by molar-refractivity contribution is -0.0231. The molecule has 1 heterocycles. The number of rotatable bonds is 1. The van der Waals surface area contributed by atoms with Crippen molar-refractivity contribution in [2.45, 2.75) is 57.9 Å². The molecular weight excluding hydrogens is 304 g/mol. The van der Waals surface area contributed by atoms with Gasteiger partial charge in [-0.1, -0.05) is 11.6 Å². The van der Waals surface area contributed by atoms with E-state index in [1.165, 1.54) is 0 Å². The van der Waals surface area contributed by atoms with E-state index in [1.807, 2.05) is 34.6 Å². The van der Waals surface area contributed by atoms with Crippen LogP contribution in [0.25, 0.3) is 0 Å². The van der Waals surface area contributed by atoms with Crippen LogP contribution in [0.1, 0.15) is 46.3 Å². The first-order valence-electron chi connectivity index (χ1n) is 7.25. The van der Waals surface area contributed by atoms with Gasteiger partial charge in [0.2, 0.25) is 0 Å². The number of carbonyl (C=O) groups excluding carboxylic acids is 1. The average molecular weight is 327 g/mol. The van der Waals surface area contributed by atoms with Crippen molar-refractivity contribution in [2.24, 2.45) is 0 Å². The molecule has 0 aromatic heterocycles. The number of ether oxygens (including phenoxy) is 1. The van der Waals surface area contributed by atoms with E-state index in [9.17, 15) is 9.90 Å². The van der Waals surface area contributed by atoms with Gasteiger partial charge in [0.1, 0.15) is 17.5 Å². The van der Waals surface area contributed by atoms with E-state index in [4.69, 9.17) is 16.3 Å². The molecule has 1 aliphatic heterocycles. The van der Waals surface area contributed by atoms with Crippen molar-refractivity contribution in [1.82, 2.24) is 10.6 Å². The average Bonchev–Trinajstić information content (AvgIpc) is 2.33. The molecule has 122 valence electrons. The van der Waals surface area contributed by atoms with Crippen molar-refractivity contribution in [3.63, 3.8) is 0 Å². The Morgan fingerprint density at radius 3 is 2.59 bits per heavy atom. The van der Waals surface area contributed by atoms with E-state index < -0.39 is 17.7 Å². The van der Waals surface area contributed by atoms with Crippen molar-refractivity contribution in [2.75, 3.05) is 0 Å². The first kappa shape index (κ1) is 16.9. The van der Waals surface area contributed by atoms with Crippen LogP contribution in [0, 0.1) is 0 Å². The molecule has 0 unspecified atom stereocenters. The Morgan fingerprint density at radius 2 is 2.00 bits per heavy atom. The zero-order chi connectivity index (χ0) is 16.7. The van der Waals surface area contributed by atoms with Gasteiger partial charge in [-0.25, -0.2) is 4.79 Å². The number of halogens is 1. The highest BCUT2D eigenvalue weighted by Crippen LogP contribution is 2.40. The summed E-state index contributed by atoms with van der Waals surface area (Å²) >= 11 is 5.99. The number of benzene rings is 1. The summed E-state index contributed by atoms with van der Waals surface area (Å²) in [5, 5.41) is 16.8. The lowest BCUT2D eigenvalue weighted by atomic mass is 9.86. The van der Waals surface area contributed by atoms with Crippen molar-refractivity contribution in [1.29, 1.82) is 0 Å². The molecule has 3 N–H and O–H groups in total. The number of fused-ring (bicyclic) bond motifs is 1. The van der Waals surface area contributed by atoms with E-state index in [1.54, 1.807) is 18.2 Å². The molecule has 0 saturated heterocycles. The highest BCUT2D eigenvalue weighted by molar-refractivity contribution is 6.30. The Hall–Kier alpha value is -1.46. The highest BCUT2D eigenvalue weighted by atomic mass is 35.5. The SMILES string of the molecule is CC(C)(C)NC(=O)N[C@H]1[C@H](O)c2cc(Cl)ccc2OC1(C)C. The predicted molar refractivity (Wildman–Crippen MR) is 86.3 cm³/mol. The summed E-state index contributed by atoms with van der Waals surface area (Å²) in [6.45, 7) is 9.33. The Labute approximate surface area is 136 Å². The summed E-state index contributed by atoms with van der Waals surface area (Å²) in [5.74, 6) is 0.580. The van der Waals surface area contributed by atoms with Crippen LogP contribution in [-0.2, 0) is 0 Å². The predicted octanol–water partition coefficient (Wildman–Crippen LogP) is 3.01. The van der Waals surface area contributed by atoms with E-state index in [2.05, 4.69) is 10.6 Å². The fourth-order valence-electron chi connectivity index (χ4n) is 2.52. The normalized spacial score (nSPS) is 23.2. The minimum Gasteiger partial charge on any atom is -0.485 e. The maximum absolute atomic E-state index is 12.1. The van der Waals surface area contributed by atoms with Crippen LogP contribution in [0.2, 0.25) is 5.02 Å². The smallest absolute Gasteiger partial charge is 0.315 e. The third kappa shape index (κ3) is 3.65. The summed E-state index contributed by atoms with van der Waals surface area (Å²) in [4.78, 5) is 12.1. The van der Waals surface area contributed by atoms with Gasteiger partial charge in [-0.05, 0) is 52.8 Å².